The molecular weight excluding hydrogens is 338 g/mol. The average molecular weight is 367 g/mol. The van der Waals surface area contributed by atoms with E-state index in [0.717, 1.165) is 43.7 Å². The summed E-state index contributed by atoms with van der Waals surface area (Å²) in [4.78, 5) is 2.16. The lowest BCUT2D eigenvalue weighted by molar-refractivity contribution is 0.174. The van der Waals surface area contributed by atoms with Gasteiger partial charge in [-0.25, -0.2) is 0 Å². The molecule has 2 heterocycles. The van der Waals surface area contributed by atoms with Crippen molar-refractivity contribution in [2.75, 3.05) is 18.2 Å². The van der Waals surface area contributed by atoms with Crippen molar-refractivity contribution in [3.63, 3.8) is 0 Å². The van der Waals surface area contributed by atoms with Gasteiger partial charge in [0.15, 0.2) is 11.5 Å². The van der Waals surface area contributed by atoms with Gasteiger partial charge in [-0.1, -0.05) is 38.1 Å². The second-order valence-electron chi connectivity index (χ2n) is 7.85. The number of benzene rings is 2. The first-order chi connectivity index (χ1) is 13.2. The maximum absolute atomic E-state index is 10.4. The van der Waals surface area contributed by atoms with E-state index in [4.69, 9.17) is 9.47 Å². The molecule has 27 heavy (non-hydrogen) atoms. The van der Waals surface area contributed by atoms with E-state index in [1.165, 1.54) is 16.8 Å². The molecule has 2 aliphatic rings. The molecule has 0 saturated carbocycles. The van der Waals surface area contributed by atoms with E-state index in [9.17, 15) is 5.11 Å². The van der Waals surface area contributed by atoms with E-state index in [1.807, 2.05) is 6.07 Å². The normalized spacial score (nSPS) is 19.8. The molecule has 0 amide bonds. The van der Waals surface area contributed by atoms with Gasteiger partial charge in [0.25, 0.3) is 0 Å². The molecule has 0 saturated heterocycles. The Morgan fingerprint density at radius 2 is 1.96 bits per heavy atom. The largest absolute Gasteiger partial charge is 0.454 e. The smallest absolute Gasteiger partial charge is 0.231 e. The first-order valence-electron chi connectivity index (χ1n) is 10.1. The minimum absolute atomic E-state index is 0.325. The SMILES string of the molecule is CCC(CC(C)CCN1c2ccccc2CC1O)c1ccc2c(c1)OCO2. The minimum Gasteiger partial charge on any atom is -0.454 e. The zero-order valence-electron chi connectivity index (χ0n) is 16.2. The molecule has 0 spiro atoms. The zero-order valence-corrected chi connectivity index (χ0v) is 16.2. The van der Waals surface area contributed by atoms with E-state index >= 15 is 0 Å². The van der Waals surface area contributed by atoms with E-state index in [2.05, 4.69) is 55.1 Å². The molecule has 2 aromatic rings. The molecule has 144 valence electrons. The summed E-state index contributed by atoms with van der Waals surface area (Å²) in [6.07, 6.45) is 3.68. The van der Waals surface area contributed by atoms with Gasteiger partial charge < -0.3 is 19.5 Å². The fraction of sp³-hybridized carbons (Fsp3) is 0.478. The fourth-order valence-corrected chi connectivity index (χ4v) is 4.37. The van der Waals surface area contributed by atoms with Crippen LogP contribution < -0.4 is 14.4 Å². The molecule has 4 nitrogen and oxygen atoms in total. The minimum atomic E-state index is -0.384. The van der Waals surface area contributed by atoms with Crippen LogP contribution in [0, 0.1) is 5.92 Å². The van der Waals surface area contributed by atoms with E-state index < -0.39 is 0 Å². The van der Waals surface area contributed by atoms with Crippen LogP contribution in [-0.4, -0.2) is 24.7 Å². The van der Waals surface area contributed by atoms with Crippen LogP contribution in [-0.2, 0) is 6.42 Å². The molecule has 4 heteroatoms. The summed E-state index contributed by atoms with van der Waals surface area (Å²) in [6.45, 7) is 5.80. The molecule has 3 unspecified atom stereocenters. The Balaban J connectivity index is 1.36. The number of fused-ring (bicyclic) bond motifs is 2. The van der Waals surface area contributed by atoms with Gasteiger partial charge in [0, 0.05) is 18.7 Å². The molecule has 3 atom stereocenters. The summed E-state index contributed by atoms with van der Waals surface area (Å²) in [5, 5.41) is 10.4. The third-order valence-corrected chi connectivity index (χ3v) is 5.97. The van der Waals surface area contributed by atoms with E-state index in [-0.39, 0.29) is 6.23 Å². The summed E-state index contributed by atoms with van der Waals surface area (Å²) in [6, 6.07) is 14.7. The predicted octanol–water partition coefficient (Wildman–Crippen LogP) is 4.71. The number of nitrogens with zero attached hydrogens (tertiary/aromatic N) is 1. The Morgan fingerprint density at radius 3 is 2.81 bits per heavy atom. The second-order valence-corrected chi connectivity index (χ2v) is 7.85. The van der Waals surface area contributed by atoms with Crippen LogP contribution in [0.4, 0.5) is 5.69 Å². The van der Waals surface area contributed by atoms with Crippen LogP contribution >= 0.6 is 0 Å². The maximum Gasteiger partial charge on any atom is 0.231 e. The Hall–Kier alpha value is -2.20. The molecule has 0 fully saturated rings. The van der Waals surface area contributed by atoms with Crippen LogP contribution in [0.2, 0.25) is 0 Å². The number of anilines is 1. The Morgan fingerprint density at radius 1 is 1.15 bits per heavy atom. The van der Waals surface area contributed by atoms with Crippen LogP contribution in [0.1, 0.15) is 50.2 Å². The number of aliphatic hydroxyl groups is 1. The molecule has 2 aromatic carbocycles. The summed E-state index contributed by atoms with van der Waals surface area (Å²) in [5.74, 6) is 2.82. The number of rotatable bonds is 7. The fourth-order valence-electron chi connectivity index (χ4n) is 4.37. The Labute approximate surface area is 161 Å². The van der Waals surface area contributed by atoms with Crippen molar-refractivity contribution in [1.82, 2.24) is 0 Å². The van der Waals surface area contributed by atoms with Gasteiger partial charge in [0.05, 0.1) is 0 Å². The lowest BCUT2D eigenvalue weighted by atomic mass is 9.86. The van der Waals surface area contributed by atoms with Crippen molar-refractivity contribution in [3.8, 4) is 11.5 Å². The highest BCUT2D eigenvalue weighted by Crippen LogP contribution is 2.38. The standard InChI is InChI=1S/C23H29NO3/c1-3-17(18-8-9-21-22(13-18)27-15-26-21)12-16(2)10-11-24-20-7-5-4-6-19(20)14-23(24)25/h4-9,13,16-17,23,25H,3,10-12,14-15H2,1-2H3. The van der Waals surface area contributed by atoms with Gasteiger partial charge in [0.1, 0.15) is 6.23 Å². The van der Waals surface area contributed by atoms with Gasteiger partial charge in [-0.3, -0.25) is 0 Å². The van der Waals surface area contributed by atoms with Crippen molar-refractivity contribution in [1.29, 1.82) is 0 Å². The monoisotopic (exact) mass is 367 g/mol. The molecule has 0 bridgehead atoms. The first-order valence-corrected chi connectivity index (χ1v) is 10.1. The maximum atomic E-state index is 10.4. The zero-order chi connectivity index (χ0) is 18.8. The third kappa shape index (κ3) is 3.77. The number of hydrogen-bond donors (Lipinski definition) is 1. The molecule has 4 rings (SSSR count). The topological polar surface area (TPSA) is 41.9 Å². The lowest BCUT2D eigenvalue weighted by Gasteiger charge is -2.27. The Bertz CT molecular complexity index is 791. The molecule has 0 aliphatic carbocycles. The van der Waals surface area contributed by atoms with Crippen LogP contribution in [0.3, 0.4) is 0 Å². The van der Waals surface area contributed by atoms with Crippen LogP contribution in [0.15, 0.2) is 42.5 Å². The van der Waals surface area contributed by atoms with Crippen LogP contribution in [0.25, 0.3) is 0 Å². The molecule has 0 aromatic heterocycles. The summed E-state index contributed by atoms with van der Waals surface area (Å²) in [7, 11) is 0. The number of ether oxygens (including phenoxy) is 2. The van der Waals surface area contributed by atoms with Crippen molar-refractivity contribution in [2.24, 2.45) is 5.92 Å². The van der Waals surface area contributed by atoms with Gasteiger partial charge >= 0.3 is 0 Å². The molecule has 0 radical (unpaired) electrons. The third-order valence-electron chi connectivity index (χ3n) is 5.97. The summed E-state index contributed by atoms with van der Waals surface area (Å²) in [5.41, 5.74) is 3.78. The summed E-state index contributed by atoms with van der Waals surface area (Å²) < 4.78 is 11.0. The molecule has 1 N–H and O–H groups in total. The molecule has 2 aliphatic heterocycles. The Kier molecular flexibility index (Phi) is 5.26. The van der Waals surface area contributed by atoms with Gasteiger partial charge in [-0.15, -0.1) is 0 Å². The second kappa shape index (κ2) is 7.81. The van der Waals surface area contributed by atoms with Crippen LogP contribution in [0.5, 0.6) is 11.5 Å². The average Bonchev–Trinajstić information content (AvgIpc) is 3.27. The van der Waals surface area contributed by atoms with Crippen molar-refractivity contribution in [2.45, 2.75) is 51.7 Å². The van der Waals surface area contributed by atoms with Crippen molar-refractivity contribution < 1.29 is 14.6 Å². The van der Waals surface area contributed by atoms with E-state index in [0.29, 0.717) is 18.6 Å². The summed E-state index contributed by atoms with van der Waals surface area (Å²) >= 11 is 0. The number of para-hydroxylation sites is 1. The lowest BCUT2D eigenvalue weighted by Crippen LogP contribution is -2.33. The highest BCUT2D eigenvalue weighted by molar-refractivity contribution is 5.58. The van der Waals surface area contributed by atoms with E-state index in [1.54, 1.807) is 0 Å². The van der Waals surface area contributed by atoms with Gasteiger partial charge in [0.2, 0.25) is 6.79 Å². The van der Waals surface area contributed by atoms with Gasteiger partial charge in [-0.05, 0) is 60.4 Å². The highest BCUT2D eigenvalue weighted by atomic mass is 16.7. The first kappa shape index (κ1) is 18.2. The number of hydrogen-bond acceptors (Lipinski definition) is 4. The highest BCUT2D eigenvalue weighted by Gasteiger charge is 2.27. The van der Waals surface area contributed by atoms with Gasteiger partial charge in [-0.2, -0.15) is 0 Å². The molecular formula is C23H29NO3. The quantitative estimate of drug-likeness (QED) is 0.770. The van der Waals surface area contributed by atoms with Crippen molar-refractivity contribution >= 4 is 5.69 Å². The predicted molar refractivity (Wildman–Crippen MR) is 107 cm³/mol. The number of aliphatic hydroxyl groups excluding tert-OH is 1. The van der Waals surface area contributed by atoms with Crippen molar-refractivity contribution in [3.05, 3.63) is 53.6 Å².